The number of esters is 2. The van der Waals surface area contributed by atoms with Crippen LogP contribution >= 0.6 is 0 Å². The Morgan fingerprint density at radius 3 is 2.85 bits per heavy atom. The molecule has 2 heterocycles. The van der Waals surface area contributed by atoms with Crippen molar-refractivity contribution < 1.29 is 28.9 Å². The van der Waals surface area contributed by atoms with Gasteiger partial charge in [0.05, 0.1) is 12.0 Å². The maximum atomic E-state index is 11.8. The lowest BCUT2D eigenvalue weighted by atomic mass is 9.98. The van der Waals surface area contributed by atoms with Crippen molar-refractivity contribution in [1.29, 1.82) is 0 Å². The molecule has 0 spiro atoms. The molecule has 0 bridgehead atoms. The Labute approximate surface area is 115 Å². The summed E-state index contributed by atoms with van der Waals surface area (Å²) in [5, 5.41) is 9.63. The molecule has 3 rings (SSSR count). The summed E-state index contributed by atoms with van der Waals surface area (Å²) in [4.78, 5) is 23.0. The van der Waals surface area contributed by atoms with E-state index in [0.29, 0.717) is 5.56 Å². The summed E-state index contributed by atoms with van der Waals surface area (Å²) in [6.07, 6.45) is -2.14. The van der Waals surface area contributed by atoms with Crippen molar-refractivity contribution >= 4 is 11.9 Å². The summed E-state index contributed by atoms with van der Waals surface area (Å²) >= 11 is 0. The molecule has 6 heteroatoms. The average molecular weight is 278 g/mol. The van der Waals surface area contributed by atoms with Gasteiger partial charge in [-0.15, -0.1) is 0 Å². The Balaban J connectivity index is 1.59. The van der Waals surface area contributed by atoms with Gasteiger partial charge in [-0.25, -0.2) is 4.79 Å². The first kappa shape index (κ1) is 13.1. The van der Waals surface area contributed by atoms with Gasteiger partial charge in [0.25, 0.3) is 0 Å². The monoisotopic (exact) mass is 278 g/mol. The molecule has 0 saturated carbocycles. The fourth-order valence-electron chi connectivity index (χ4n) is 2.54. The van der Waals surface area contributed by atoms with Crippen molar-refractivity contribution in [2.24, 2.45) is 5.92 Å². The number of carbonyl (C=O) groups is 2. The Bertz CT molecular complexity index is 514. The molecule has 1 aromatic carbocycles. The topological polar surface area (TPSA) is 82.1 Å². The van der Waals surface area contributed by atoms with Gasteiger partial charge in [-0.3, -0.25) is 4.79 Å². The smallest absolute Gasteiger partial charge is 0.338 e. The largest absolute Gasteiger partial charge is 0.459 e. The third-order valence-corrected chi connectivity index (χ3v) is 3.55. The quantitative estimate of drug-likeness (QED) is 0.810. The number of hydrogen-bond acceptors (Lipinski definition) is 6. The molecule has 0 radical (unpaired) electrons. The normalized spacial score (nSPS) is 31.8. The van der Waals surface area contributed by atoms with Crippen molar-refractivity contribution in [3.05, 3.63) is 35.9 Å². The van der Waals surface area contributed by atoms with E-state index in [0.717, 1.165) is 0 Å². The number of carbonyl (C=O) groups excluding carboxylic acids is 2. The average Bonchev–Trinajstić information content (AvgIpc) is 2.97. The lowest BCUT2D eigenvalue weighted by molar-refractivity contribution is -0.167. The first-order valence-corrected chi connectivity index (χ1v) is 6.40. The highest BCUT2D eigenvalue weighted by Gasteiger charge is 2.51. The molecular formula is C14H14O6. The molecule has 0 amide bonds. The van der Waals surface area contributed by atoms with Crippen LogP contribution in [0, 0.1) is 5.92 Å². The zero-order valence-electron chi connectivity index (χ0n) is 10.6. The molecular weight excluding hydrogens is 264 g/mol. The van der Waals surface area contributed by atoms with E-state index in [1.54, 1.807) is 30.3 Å². The van der Waals surface area contributed by atoms with E-state index in [-0.39, 0.29) is 24.9 Å². The molecule has 2 fully saturated rings. The highest BCUT2D eigenvalue weighted by molar-refractivity contribution is 5.89. The molecule has 0 aliphatic carbocycles. The van der Waals surface area contributed by atoms with E-state index < -0.39 is 24.5 Å². The molecule has 106 valence electrons. The fraction of sp³-hybridized carbons (Fsp3) is 0.429. The molecule has 1 aromatic rings. The lowest BCUT2D eigenvalue weighted by Gasteiger charge is -2.14. The summed E-state index contributed by atoms with van der Waals surface area (Å²) in [5.41, 5.74) is 0.446. The Kier molecular flexibility index (Phi) is 3.42. The van der Waals surface area contributed by atoms with Gasteiger partial charge in [-0.2, -0.15) is 0 Å². The van der Waals surface area contributed by atoms with Crippen LogP contribution in [0.5, 0.6) is 0 Å². The van der Waals surface area contributed by atoms with E-state index in [2.05, 4.69) is 0 Å². The first-order chi connectivity index (χ1) is 9.65. The maximum absolute atomic E-state index is 11.8. The molecule has 2 aliphatic rings. The number of fused-ring (bicyclic) bond motifs is 1. The SMILES string of the molecule is O=C1C[C@@H]2[C@H](COC(=O)c3ccccc3)OC(O)[C@@H]2O1. The van der Waals surface area contributed by atoms with Gasteiger partial charge in [0.2, 0.25) is 0 Å². The van der Waals surface area contributed by atoms with E-state index in [4.69, 9.17) is 14.2 Å². The lowest BCUT2D eigenvalue weighted by Crippen LogP contribution is -2.26. The highest BCUT2D eigenvalue weighted by atomic mass is 16.7. The van der Waals surface area contributed by atoms with Crippen molar-refractivity contribution in [1.82, 2.24) is 0 Å². The standard InChI is InChI=1S/C14H14O6/c15-11-6-9-10(19-14(17)12(9)20-11)7-18-13(16)8-4-2-1-3-5-8/h1-5,9-10,12,14,17H,6-7H2/t9-,10+,12-,14?/m1/s1. The molecule has 6 nitrogen and oxygen atoms in total. The Hall–Kier alpha value is -1.92. The molecule has 2 saturated heterocycles. The molecule has 2 aliphatic heterocycles. The van der Waals surface area contributed by atoms with Crippen molar-refractivity contribution in [2.75, 3.05) is 6.61 Å². The summed E-state index contributed by atoms with van der Waals surface area (Å²) in [7, 11) is 0. The number of ether oxygens (including phenoxy) is 3. The van der Waals surface area contributed by atoms with Crippen molar-refractivity contribution in [3.63, 3.8) is 0 Å². The van der Waals surface area contributed by atoms with E-state index in [1.807, 2.05) is 0 Å². The van der Waals surface area contributed by atoms with Crippen LogP contribution in [0.15, 0.2) is 30.3 Å². The third-order valence-electron chi connectivity index (χ3n) is 3.55. The van der Waals surface area contributed by atoms with Crippen LogP contribution in [0.1, 0.15) is 16.8 Å². The first-order valence-electron chi connectivity index (χ1n) is 6.40. The molecule has 1 unspecified atom stereocenters. The van der Waals surface area contributed by atoms with Crippen LogP contribution in [0.3, 0.4) is 0 Å². The van der Waals surface area contributed by atoms with E-state index in [9.17, 15) is 14.7 Å². The maximum Gasteiger partial charge on any atom is 0.338 e. The number of benzene rings is 1. The zero-order chi connectivity index (χ0) is 14.1. The number of aliphatic hydroxyl groups is 1. The minimum Gasteiger partial charge on any atom is -0.459 e. The highest BCUT2D eigenvalue weighted by Crippen LogP contribution is 2.36. The van der Waals surface area contributed by atoms with E-state index in [1.165, 1.54) is 0 Å². The van der Waals surface area contributed by atoms with Gasteiger partial charge >= 0.3 is 11.9 Å². The van der Waals surface area contributed by atoms with Gasteiger partial charge < -0.3 is 19.3 Å². The van der Waals surface area contributed by atoms with Crippen LogP contribution in [-0.4, -0.2) is 42.1 Å². The summed E-state index contributed by atoms with van der Waals surface area (Å²) in [5.74, 6) is -1.08. The Morgan fingerprint density at radius 2 is 2.10 bits per heavy atom. The second-order valence-electron chi connectivity index (χ2n) is 4.85. The minimum atomic E-state index is -1.15. The number of aliphatic hydroxyl groups excluding tert-OH is 1. The van der Waals surface area contributed by atoms with Gasteiger partial charge in [0.15, 0.2) is 12.4 Å². The predicted molar refractivity (Wildman–Crippen MR) is 65.6 cm³/mol. The molecule has 1 N–H and O–H groups in total. The van der Waals surface area contributed by atoms with Crippen LogP contribution in [0.2, 0.25) is 0 Å². The van der Waals surface area contributed by atoms with Gasteiger partial charge in [-0.1, -0.05) is 18.2 Å². The second-order valence-corrected chi connectivity index (χ2v) is 4.85. The molecule has 0 aromatic heterocycles. The third kappa shape index (κ3) is 2.39. The van der Waals surface area contributed by atoms with Crippen LogP contribution < -0.4 is 0 Å². The predicted octanol–water partition coefficient (Wildman–Crippen LogP) is 0.492. The number of hydrogen-bond donors (Lipinski definition) is 1. The number of rotatable bonds is 3. The second kappa shape index (κ2) is 5.22. The fourth-order valence-corrected chi connectivity index (χ4v) is 2.54. The van der Waals surface area contributed by atoms with Crippen LogP contribution in [-0.2, 0) is 19.0 Å². The van der Waals surface area contributed by atoms with Crippen molar-refractivity contribution in [3.8, 4) is 0 Å². The van der Waals surface area contributed by atoms with Gasteiger partial charge in [0, 0.05) is 5.92 Å². The van der Waals surface area contributed by atoms with Gasteiger partial charge in [-0.05, 0) is 12.1 Å². The summed E-state index contributed by atoms with van der Waals surface area (Å²) in [6, 6.07) is 8.59. The zero-order valence-corrected chi connectivity index (χ0v) is 10.6. The summed E-state index contributed by atoms with van der Waals surface area (Å²) < 4.78 is 15.4. The van der Waals surface area contributed by atoms with Crippen LogP contribution in [0.4, 0.5) is 0 Å². The Morgan fingerprint density at radius 1 is 1.35 bits per heavy atom. The summed E-state index contributed by atoms with van der Waals surface area (Å²) in [6.45, 7) is -0.0113. The van der Waals surface area contributed by atoms with Gasteiger partial charge in [0.1, 0.15) is 12.7 Å². The molecule has 4 atom stereocenters. The van der Waals surface area contributed by atoms with E-state index >= 15 is 0 Å². The molecule has 20 heavy (non-hydrogen) atoms. The minimum absolute atomic E-state index is 0.0113. The van der Waals surface area contributed by atoms with Crippen LogP contribution in [0.25, 0.3) is 0 Å². The van der Waals surface area contributed by atoms with Crippen molar-refractivity contribution in [2.45, 2.75) is 24.9 Å².